The number of rotatable bonds is 7. The number of aromatic nitrogens is 4. The molecule has 2 heterocycles. The molecule has 0 fully saturated rings. The topological polar surface area (TPSA) is 81.9 Å². The van der Waals surface area contributed by atoms with Crippen LogP contribution in [-0.4, -0.2) is 32.8 Å². The van der Waals surface area contributed by atoms with Crippen LogP contribution in [0.2, 0.25) is 0 Å². The van der Waals surface area contributed by atoms with E-state index in [1.807, 2.05) is 29.8 Å². The summed E-state index contributed by atoms with van der Waals surface area (Å²) in [6, 6.07) is 12.8. The molecule has 0 unspecified atom stereocenters. The van der Waals surface area contributed by atoms with E-state index in [2.05, 4.69) is 20.5 Å². The summed E-state index contributed by atoms with van der Waals surface area (Å²) >= 11 is 1.56. The van der Waals surface area contributed by atoms with Crippen molar-refractivity contribution in [3.05, 3.63) is 65.7 Å². The second kappa shape index (κ2) is 8.48. The van der Waals surface area contributed by atoms with E-state index >= 15 is 0 Å². The maximum atomic E-state index is 12.2. The Morgan fingerprint density at radius 3 is 2.69 bits per heavy atom. The van der Waals surface area contributed by atoms with Crippen LogP contribution in [0.4, 0.5) is 0 Å². The molecule has 2 aromatic heterocycles. The van der Waals surface area contributed by atoms with Gasteiger partial charge in [0.15, 0.2) is 11.0 Å². The Morgan fingerprint density at radius 2 is 2.00 bits per heavy atom. The summed E-state index contributed by atoms with van der Waals surface area (Å²) in [6.45, 7) is 0.304. The average molecular weight is 369 g/mol. The van der Waals surface area contributed by atoms with Gasteiger partial charge in [-0.1, -0.05) is 17.8 Å². The molecule has 0 bridgehead atoms. The zero-order chi connectivity index (χ0) is 18.4. The molecule has 26 heavy (non-hydrogen) atoms. The van der Waals surface area contributed by atoms with Crippen molar-refractivity contribution in [1.29, 1.82) is 0 Å². The highest BCUT2D eigenvalue weighted by atomic mass is 32.2. The predicted octanol–water partition coefficient (Wildman–Crippen LogP) is 2.44. The van der Waals surface area contributed by atoms with Crippen molar-refractivity contribution in [3.63, 3.8) is 0 Å². The van der Waals surface area contributed by atoms with Gasteiger partial charge in [-0.05, 0) is 36.4 Å². The fraction of sp³-hybridized carbons (Fsp3) is 0.222. The lowest BCUT2D eigenvalue weighted by molar-refractivity contribution is 0.0949. The minimum absolute atomic E-state index is 0.168. The number of ether oxygens (including phenoxy) is 1. The highest BCUT2D eigenvalue weighted by molar-refractivity contribution is 7.98. The van der Waals surface area contributed by atoms with E-state index in [-0.39, 0.29) is 5.91 Å². The molecule has 1 N–H and O–H groups in total. The van der Waals surface area contributed by atoms with Crippen LogP contribution in [0.5, 0.6) is 5.75 Å². The van der Waals surface area contributed by atoms with Gasteiger partial charge in [-0.2, -0.15) is 0 Å². The number of hydrogen-bond donors (Lipinski definition) is 1. The highest BCUT2D eigenvalue weighted by Crippen LogP contribution is 2.20. The molecule has 134 valence electrons. The van der Waals surface area contributed by atoms with Gasteiger partial charge in [0.05, 0.1) is 19.3 Å². The molecule has 8 heteroatoms. The first-order valence-electron chi connectivity index (χ1n) is 8.00. The largest absolute Gasteiger partial charge is 0.497 e. The smallest absolute Gasteiger partial charge is 0.251 e. The standard InChI is InChI=1S/C18H19N5O2S/c1-23-16(11-20-17(24)13-6-8-15(25-2)9-7-13)21-22-18(23)26-12-14-5-3-4-10-19-14/h3-10H,11-12H2,1-2H3,(H,20,24). The van der Waals surface area contributed by atoms with Gasteiger partial charge in [0, 0.05) is 24.6 Å². The van der Waals surface area contributed by atoms with Crippen molar-refractivity contribution in [2.45, 2.75) is 17.5 Å². The lowest BCUT2D eigenvalue weighted by Crippen LogP contribution is -2.24. The first-order valence-corrected chi connectivity index (χ1v) is 8.99. The molecule has 3 rings (SSSR count). The summed E-state index contributed by atoms with van der Waals surface area (Å²) in [5, 5.41) is 12.0. The molecular formula is C18H19N5O2S. The number of benzene rings is 1. The number of nitrogens with zero attached hydrogens (tertiary/aromatic N) is 4. The number of nitrogens with one attached hydrogen (secondary N) is 1. The zero-order valence-electron chi connectivity index (χ0n) is 14.5. The van der Waals surface area contributed by atoms with E-state index in [4.69, 9.17) is 4.74 Å². The highest BCUT2D eigenvalue weighted by Gasteiger charge is 2.12. The Hall–Kier alpha value is -2.87. The Balaban J connectivity index is 1.56. The van der Waals surface area contributed by atoms with Crippen molar-refractivity contribution >= 4 is 17.7 Å². The van der Waals surface area contributed by atoms with E-state index in [1.54, 1.807) is 49.3 Å². The van der Waals surface area contributed by atoms with Crippen molar-refractivity contribution in [2.75, 3.05) is 7.11 Å². The van der Waals surface area contributed by atoms with E-state index in [9.17, 15) is 4.79 Å². The van der Waals surface area contributed by atoms with Crippen LogP contribution in [0.25, 0.3) is 0 Å². The molecule has 0 atom stereocenters. The van der Waals surface area contributed by atoms with Gasteiger partial charge in [0.2, 0.25) is 0 Å². The number of carbonyl (C=O) groups is 1. The number of thioether (sulfide) groups is 1. The van der Waals surface area contributed by atoms with Crippen LogP contribution >= 0.6 is 11.8 Å². The Bertz CT molecular complexity index is 865. The molecule has 0 aliphatic rings. The second-order valence-corrected chi connectivity index (χ2v) is 6.42. The van der Waals surface area contributed by atoms with Crippen LogP contribution in [0.15, 0.2) is 53.8 Å². The van der Waals surface area contributed by atoms with Gasteiger partial charge in [-0.15, -0.1) is 10.2 Å². The Morgan fingerprint density at radius 1 is 1.19 bits per heavy atom. The van der Waals surface area contributed by atoms with Crippen LogP contribution in [0.1, 0.15) is 21.9 Å². The van der Waals surface area contributed by atoms with Gasteiger partial charge in [0.25, 0.3) is 5.91 Å². The first kappa shape index (κ1) is 17.9. The van der Waals surface area contributed by atoms with Crippen LogP contribution in [0, 0.1) is 0 Å². The van der Waals surface area contributed by atoms with E-state index in [0.29, 0.717) is 29.4 Å². The van der Waals surface area contributed by atoms with Crippen molar-refractivity contribution in [3.8, 4) is 5.75 Å². The molecule has 0 radical (unpaired) electrons. The van der Waals surface area contributed by atoms with Crippen LogP contribution in [0.3, 0.4) is 0 Å². The van der Waals surface area contributed by atoms with E-state index in [0.717, 1.165) is 10.9 Å². The Labute approximate surface area is 155 Å². The van der Waals surface area contributed by atoms with Gasteiger partial charge < -0.3 is 14.6 Å². The molecule has 0 spiro atoms. The second-order valence-electron chi connectivity index (χ2n) is 5.48. The summed E-state index contributed by atoms with van der Waals surface area (Å²) in [5.74, 6) is 1.95. The van der Waals surface area contributed by atoms with Gasteiger partial charge in [-0.3, -0.25) is 9.78 Å². The molecule has 7 nitrogen and oxygen atoms in total. The third-order valence-corrected chi connectivity index (χ3v) is 4.81. The van der Waals surface area contributed by atoms with Gasteiger partial charge in [-0.25, -0.2) is 0 Å². The summed E-state index contributed by atoms with van der Waals surface area (Å²) in [7, 11) is 3.47. The normalized spacial score (nSPS) is 10.5. The molecule has 0 aliphatic heterocycles. The SMILES string of the molecule is COc1ccc(C(=O)NCc2nnc(SCc3ccccn3)n2C)cc1. The average Bonchev–Trinajstić information content (AvgIpc) is 3.05. The maximum Gasteiger partial charge on any atom is 0.251 e. The number of carbonyl (C=O) groups excluding carboxylic acids is 1. The molecular weight excluding hydrogens is 350 g/mol. The maximum absolute atomic E-state index is 12.2. The number of methoxy groups -OCH3 is 1. The fourth-order valence-electron chi connectivity index (χ4n) is 2.25. The minimum atomic E-state index is -0.168. The molecule has 0 saturated heterocycles. The summed E-state index contributed by atoms with van der Waals surface area (Å²) in [6.07, 6.45) is 1.77. The van der Waals surface area contributed by atoms with Crippen LogP contribution in [-0.2, 0) is 19.3 Å². The summed E-state index contributed by atoms with van der Waals surface area (Å²) in [4.78, 5) is 16.5. The summed E-state index contributed by atoms with van der Waals surface area (Å²) in [5.41, 5.74) is 1.55. The van der Waals surface area contributed by atoms with Crippen LogP contribution < -0.4 is 10.1 Å². The van der Waals surface area contributed by atoms with Gasteiger partial charge in [0.1, 0.15) is 5.75 Å². The molecule has 0 aliphatic carbocycles. The number of pyridine rings is 1. The quantitative estimate of drug-likeness (QED) is 0.644. The zero-order valence-corrected chi connectivity index (χ0v) is 15.4. The van der Waals surface area contributed by atoms with Crippen molar-refractivity contribution in [2.24, 2.45) is 7.05 Å². The lowest BCUT2D eigenvalue weighted by Gasteiger charge is -2.07. The Kier molecular flexibility index (Phi) is 5.85. The minimum Gasteiger partial charge on any atom is -0.497 e. The predicted molar refractivity (Wildman–Crippen MR) is 99.0 cm³/mol. The van der Waals surface area contributed by atoms with Crippen molar-refractivity contribution < 1.29 is 9.53 Å². The monoisotopic (exact) mass is 369 g/mol. The van der Waals surface area contributed by atoms with Crippen molar-refractivity contribution in [1.82, 2.24) is 25.1 Å². The molecule has 0 saturated carbocycles. The fourth-order valence-corrected chi connectivity index (χ4v) is 3.10. The number of amides is 1. The van der Waals surface area contributed by atoms with E-state index < -0.39 is 0 Å². The molecule has 1 amide bonds. The third kappa shape index (κ3) is 4.40. The first-order chi connectivity index (χ1) is 12.7. The molecule has 1 aromatic carbocycles. The third-order valence-electron chi connectivity index (χ3n) is 3.76. The summed E-state index contributed by atoms with van der Waals surface area (Å²) < 4.78 is 6.97. The molecule has 3 aromatic rings. The lowest BCUT2D eigenvalue weighted by atomic mass is 10.2. The number of hydrogen-bond acceptors (Lipinski definition) is 6. The van der Waals surface area contributed by atoms with Gasteiger partial charge >= 0.3 is 0 Å². The van der Waals surface area contributed by atoms with E-state index in [1.165, 1.54) is 0 Å².